The number of amides is 2. The lowest BCUT2D eigenvalue weighted by molar-refractivity contribution is -0.123. The van der Waals surface area contributed by atoms with Crippen LogP contribution >= 0.6 is 11.8 Å². The molecule has 0 spiro atoms. The van der Waals surface area contributed by atoms with E-state index in [4.69, 9.17) is 19.3 Å². The standard InChI is InChI=1S/C32H32N4O5S/c1-20(2)16-33-27(37)17-35-28(38)18-42-31(22-9-14-25-26(15-22)41-19-40-25)29-30(21-7-5-4-6-8-21)34-36(32(29)35)23-10-12-24(39-3)13-11-23/h4-15,20,31H,16-19H2,1-3H3,(H,33,37). The van der Waals surface area contributed by atoms with Crippen LogP contribution in [-0.2, 0) is 9.59 Å². The molecule has 0 aliphatic carbocycles. The Balaban J connectivity index is 1.57. The summed E-state index contributed by atoms with van der Waals surface area (Å²) in [5, 5.41) is 7.82. The predicted molar refractivity (Wildman–Crippen MR) is 163 cm³/mol. The van der Waals surface area contributed by atoms with Crippen molar-refractivity contribution in [3.05, 3.63) is 83.9 Å². The first-order chi connectivity index (χ1) is 20.4. The van der Waals surface area contributed by atoms with Crippen LogP contribution in [0.15, 0.2) is 72.8 Å². The largest absolute Gasteiger partial charge is 0.497 e. The minimum Gasteiger partial charge on any atom is -0.497 e. The molecule has 3 aromatic carbocycles. The van der Waals surface area contributed by atoms with E-state index < -0.39 is 0 Å². The topological polar surface area (TPSA) is 94.9 Å². The second-order valence-electron chi connectivity index (χ2n) is 10.5. The Morgan fingerprint density at radius 2 is 1.83 bits per heavy atom. The van der Waals surface area contributed by atoms with Crippen molar-refractivity contribution in [2.75, 3.05) is 37.6 Å². The number of methoxy groups -OCH3 is 1. The molecule has 0 radical (unpaired) electrons. The molecule has 1 atom stereocenters. The van der Waals surface area contributed by atoms with Gasteiger partial charge in [0.05, 0.1) is 29.5 Å². The third-order valence-corrected chi connectivity index (χ3v) is 8.42. The van der Waals surface area contributed by atoms with Crippen LogP contribution in [0.3, 0.4) is 0 Å². The van der Waals surface area contributed by atoms with Gasteiger partial charge in [-0.05, 0) is 47.9 Å². The van der Waals surface area contributed by atoms with Gasteiger partial charge in [-0.2, -0.15) is 5.10 Å². The summed E-state index contributed by atoms with van der Waals surface area (Å²) in [7, 11) is 1.62. The fraction of sp³-hybridized carbons (Fsp3) is 0.281. The van der Waals surface area contributed by atoms with E-state index in [1.54, 1.807) is 16.7 Å². The fourth-order valence-electron chi connectivity index (χ4n) is 5.09. The average Bonchev–Trinajstić information content (AvgIpc) is 3.61. The summed E-state index contributed by atoms with van der Waals surface area (Å²) >= 11 is 1.51. The Labute approximate surface area is 248 Å². The van der Waals surface area contributed by atoms with Gasteiger partial charge in [0.2, 0.25) is 18.6 Å². The molecule has 1 N–H and O–H groups in total. The van der Waals surface area contributed by atoms with E-state index in [2.05, 4.69) is 5.32 Å². The van der Waals surface area contributed by atoms with E-state index in [1.807, 2.05) is 86.6 Å². The predicted octanol–water partition coefficient (Wildman–Crippen LogP) is 5.22. The highest BCUT2D eigenvalue weighted by atomic mass is 32.2. The van der Waals surface area contributed by atoms with Crippen molar-refractivity contribution in [3.63, 3.8) is 0 Å². The molecule has 0 saturated heterocycles. The number of benzene rings is 3. The summed E-state index contributed by atoms with van der Waals surface area (Å²) in [5.74, 6) is 2.70. The lowest BCUT2D eigenvalue weighted by Gasteiger charge is -2.23. The first-order valence-electron chi connectivity index (χ1n) is 13.8. The molecule has 6 rings (SSSR count). The maximum Gasteiger partial charge on any atom is 0.240 e. The number of ether oxygens (including phenoxy) is 3. The van der Waals surface area contributed by atoms with Crippen LogP contribution in [-0.4, -0.2) is 54.3 Å². The zero-order chi connectivity index (χ0) is 29.2. The molecule has 1 aromatic heterocycles. The average molecular weight is 585 g/mol. The van der Waals surface area contributed by atoms with Gasteiger partial charge in [-0.25, -0.2) is 4.68 Å². The maximum atomic E-state index is 13.9. The monoisotopic (exact) mass is 584 g/mol. The Kier molecular flexibility index (Phi) is 7.80. The number of carbonyl (C=O) groups is 2. The normalized spacial score (nSPS) is 15.9. The second-order valence-corrected chi connectivity index (χ2v) is 11.6. The van der Waals surface area contributed by atoms with Gasteiger partial charge >= 0.3 is 0 Å². The number of anilines is 1. The summed E-state index contributed by atoms with van der Waals surface area (Å²) in [4.78, 5) is 28.6. The molecule has 0 bridgehead atoms. The Bertz CT molecular complexity index is 1600. The summed E-state index contributed by atoms with van der Waals surface area (Å²) < 4.78 is 18.4. The molecule has 216 valence electrons. The lowest BCUT2D eigenvalue weighted by Crippen LogP contribution is -2.43. The van der Waals surface area contributed by atoms with Crippen molar-refractivity contribution in [2.45, 2.75) is 19.1 Å². The SMILES string of the molecule is COc1ccc(-n2nc(-c3ccccc3)c3c2N(CC(=O)NCC(C)C)C(=O)CSC3c2ccc3c(c2)OCO3)cc1. The van der Waals surface area contributed by atoms with Gasteiger partial charge in [0, 0.05) is 17.7 Å². The number of thioether (sulfide) groups is 1. The van der Waals surface area contributed by atoms with Crippen LogP contribution in [0.25, 0.3) is 16.9 Å². The fourth-order valence-corrected chi connectivity index (χ4v) is 6.28. The lowest BCUT2D eigenvalue weighted by atomic mass is 9.99. The van der Waals surface area contributed by atoms with Crippen LogP contribution < -0.4 is 24.4 Å². The molecule has 0 fully saturated rings. The molecule has 3 heterocycles. The molecule has 9 nitrogen and oxygen atoms in total. The quantitative estimate of drug-likeness (QED) is 0.304. The van der Waals surface area contributed by atoms with Gasteiger partial charge in [-0.15, -0.1) is 11.8 Å². The maximum absolute atomic E-state index is 13.9. The van der Waals surface area contributed by atoms with E-state index in [-0.39, 0.29) is 42.1 Å². The van der Waals surface area contributed by atoms with Gasteiger partial charge in [-0.3, -0.25) is 14.5 Å². The van der Waals surface area contributed by atoms with Gasteiger partial charge in [-0.1, -0.05) is 50.2 Å². The van der Waals surface area contributed by atoms with Crippen molar-refractivity contribution in [2.24, 2.45) is 5.92 Å². The van der Waals surface area contributed by atoms with Crippen molar-refractivity contribution >= 4 is 29.4 Å². The number of hydrogen-bond donors (Lipinski definition) is 1. The molecule has 2 aliphatic rings. The van der Waals surface area contributed by atoms with E-state index in [0.29, 0.717) is 29.6 Å². The molecule has 42 heavy (non-hydrogen) atoms. The Morgan fingerprint density at radius 1 is 1.07 bits per heavy atom. The van der Waals surface area contributed by atoms with Crippen LogP contribution in [0.2, 0.25) is 0 Å². The van der Waals surface area contributed by atoms with Gasteiger partial charge < -0.3 is 19.5 Å². The third-order valence-electron chi connectivity index (χ3n) is 7.16. The third kappa shape index (κ3) is 5.42. The molecular weight excluding hydrogens is 552 g/mol. The number of rotatable bonds is 8. The highest BCUT2D eigenvalue weighted by Crippen LogP contribution is 2.50. The molecule has 1 unspecified atom stereocenters. The van der Waals surface area contributed by atoms with Crippen LogP contribution in [0.1, 0.15) is 30.2 Å². The van der Waals surface area contributed by atoms with Crippen molar-refractivity contribution in [3.8, 4) is 34.2 Å². The smallest absolute Gasteiger partial charge is 0.240 e. The highest BCUT2D eigenvalue weighted by molar-refractivity contribution is 8.00. The minimum atomic E-state index is -0.274. The van der Waals surface area contributed by atoms with Crippen molar-refractivity contribution < 1.29 is 23.8 Å². The number of fused-ring (bicyclic) bond motifs is 2. The van der Waals surface area contributed by atoms with E-state index in [1.165, 1.54) is 11.8 Å². The zero-order valence-corrected chi connectivity index (χ0v) is 24.5. The Morgan fingerprint density at radius 3 is 2.57 bits per heavy atom. The van der Waals surface area contributed by atoms with Gasteiger partial charge in [0.1, 0.15) is 18.1 Å². The van der Waals surface area contributed by atoms with Gasteiger partial charge in [0.15, 0.2) is 11.5 Å². The molecule has 0 saturated carbocycles. The number of aromatic nitrogens is 2. The molecule has 2 amide bonds. The number of nitrogens with one attached hydrogen (secondary N) is 1. The molecular formula is C32H32N4O5S. The van der Waals surface area contributed by atoms with E-state index in [0.717, 1.165) is 28.1 Å². The molecule has 10 heteroatoms. The first-order valence-corrected chi connectivity index (χ1v) is 14.9. The first kappa shape index (κ1) is 27.7. The van der Waals surface area contributed by atoms with Crippen molar-refractivity contribution in [1.82, 2.24) is 15.1 Å². The van der Waals surface area contributed by atoms with Gasteiger partial charge in [0.25, 0.3) is 0 Å². The summed E-state index contributed by atoms with van der Waals surface area (Å²) in [6.07, 6.45) is 0. The number of nitrogens with zero attached hydrogens (tertiary/aromatic N) is 3. The highest BCUT2D eigenvalue weighted by Gasteiger charge is 2.38. The summed E-state index contributed by atoms with van der Waals surface area (Å²) in [6.45, 7) is 4.64. The van der Waals surface area contributed by atoms with Crippen molar-refractivity contribution in [1.29, 1.82) is 0 Å². The van der Waals surface area contributed by atoms with E-state index >= 15 is 0 Å². The Hall–Kier alpha value is -4.44. The number of hydrogen-bond acceptors (Lipinski definition) is 7. The van der Waals surface area contributed by atoms with Crippen LogP contribution in [0.5, 0.6) is 17.2 Å². The zero-order valence-electron chi connectivity index (χ0n) is 23.7. The molecule has 4 aromatic rings. The van der Waals surface area contributed by atoms with Crippen LogP contribution in [0, 0.1) is 5.92 Å². The molecule has 2 aliphatic heterocycles. The van der Waals surface area contributed by atoms with Crippen LogP contribution in [0.4, 0.5) is 5.82 Å². The number of carbonyl (C=O) groups excluding carboxylic acids is 2. The summed E-state index contributed by atoms with van der Waals surface area (Å²) in [5.41, 5.74) is 4.19. The summed E-state index contributed by atoms with van der Waals surface area (Å²) in [6, 6.07) is 23.3. The van der Waals surface area contributed by atoms with E-state index in [9.17, 15) is 9.59 Å². The second kappa shape index (κ2) is 11.8. The minimum absolute atomic E-state index is 0.122.